The molecular formula is C14H18N2O6S. The number of nitrogens with zero attached hydrogens (tertiary/aromatic N) is 1. The Morgan fingerprint density at radius 2 is 1.96 bits per heavy atom. The molecule has 0 spiro atoms. The van der Waals surface area contributed by atoms with Crippen LogP contribution in [0.25, 0.3) is 0 Å². The number of benzene rings is 1. The molecule has 1 heterocycles. The second kappa shape index (κ2) is 7.07. The molecule has 2 N–H and O–H groups in total. The fraction of sp³-hybridized carbons (Fsp3) is 0.429. The van der Waals surface area contributed by atoms with Crippen LogP contribution in [0.3, 0.4) is 0 Å². The Balaban J connectivity index is 2.02. The van der Waals surface area contributed by atoms with Crippen molar-refractivity contribution in [1.82, 2.24) is 4.90 Å². The Bertz CT molecular complexity index is 710. The number of hydrogen-bond acceptors (Lipinski definition) is 6. The average molecular weight is 342 g/mol. The van der Waals surface area contributed by atoms with Crippen molar-refractivity contribution in [3.8, 4) is 0 Å². The smallest absolute Gasteiger partial charge is 0.338 e. The fourth-order valence-corrected chi connectivity index (χ4v) is 2.96. The summed E-state index contributed by atoms with van der Waals surface area (Å²) < 4.78 is 33.0. The van der Waals surface area contributed by atoms with E-state index in [9.17, 15) is 18.0 Å². The van der Waals surface area contributed by atoms with Gasteiger partial charge >= 0.3 is 5.97 Å². The number of primary sulfonamides is 1. The van der Waals surface area contributed by atoms with Crippen molar-refractivity contribution in [2.75, 3.05) is 32.9 Å². The predicted octanol–water partition coefficient (Wildman–Crippen LogP) is -0.342. The van der Waals surface area contributed by atoms with Gasteiger partial charge in [-0.25, -0.2) is 18.4 Å². The van der Waals surface area contributed by atoms with Crippen molar-refractivity contribution < 1.29 is 27.5 Å². The largest absolute Gasteiger partial charge is 0.452 e. The third-order valence-electron chi connectivity index (χ3n) is 3.42. The van der Waals surface area contributed by atoms with E-state index in [2.05, 4.69) is 0 Å². The molecule has 23 heavy (non-hydrogen) atoms. The molecule has 2 rings (SSSR count). The van der Waals surface area contributed by atoms with Crippen molar-refractivity contribution in [2.24, 2.45) is 5.14 Å². The van der Waals surface area contributed by atoms with Gasteiger partial charge in [-0.15, -0.1) is 0 Å². The summed E-state index contributed by atoms with van der Waals surface area (Å²) in [6.45, 7) is 2.98. The monoisotopic (exact) mass is 342 g/mol. The molecule has 0 radical (unpaired) electrons. The second-order valence-corrected chi connectivity index (χ2v) is 6.62. The van der Waals surface area contributed by atoms with Crippen LogP contribution in [0.1, 0.15) is 15.9 Å². The van der Waals surface area contributed by atoms with Crippen LogP contribution in [0.4, 0.5) is 0 Å². The van der Waals surface area contributed by atoms with E-state index in [-0.39, 0.29) is 16.4 Å². The Hall–Kier alpha value is -1.97. The van der Waals surface area contributed by atoms with Crippen molar-refractivity contribution in [3.63, 3.8) is 0 Å². The number of rotatable bonds is 4. The van der Waals surface area contributed by atoms with Crippen LogP contribution in [-0.4, -0.2) is 58.1 Å². The maximum Gasteiger partial charge on any atom is 0.338 e. The van der Waals surface area contributed by atoms with Gasteiger partial charge in [0.05, 0.1) is 23.7 Å². The number of aryl methyl sites for hydroxylation is 1. The molecule has 126 valence electrons. The number of nitrogens with two attached hydrogens (primary N) is 1. The summed E-state index contributed by atoms with van der Waals surface area (Å²) in [6, 6.07) is 4.03. The van der Waals surface area contributed by atoms with Crippen LogP contribution >= 0.6 is 0 Å². The van der Waals surface area contributed by atoms with Gasteiger partial charge < -0.3 is 14.4 Å². The molecule has 0 saturated carbocycles. The Morgan fingerprint density at radius 3 is 2.57 bits per heavy atom. The van der Waals surface area contributed by atoms with Crippen LogP contribution in [0.5, 0.6) is 0 Å². The number of sulfonamides is 1. The number of carbonyl (C=O) groups excluding carboxylic acids is 2. The van der Waals surface area contributed by atoms with E-state index in [1.165, 1.54) is 12.1 Å². The summed E-state index contributed by atoms with van der Waals surface area (Å²) in [5, 5.41) is 5.09. The van der Waals surface area contributed by atoms with Gasteiger partial charge in [-0.1, -0.05) is 6.07 Å². The molecule has 1 aromatic rings. The summed E-state index contributed by atoms with van der Waals surface area (Å²) >= 11 is 0. The fourth-order valence-electron chi connectivity index (χ4n) is 2.15. The number of esters is 1. The lowest BCUT2D eigenvalue weighted by molar-refractivity contribution is -0.138. The van der Waals surface area contributed by atoms with Crippen LogP contribution in [-0.2, 0) is 24.3 Å². The molecule has 1 saturated heterocycles. The van der Waals surface area contributed by atoms with Gasteiger partial charge in [0.1, 0.15) is 0 Å². The minimum Gasteiger partial charge on any atom is -0.452 e. The third kappa shape index (κ3) is 4.50. The van der Waals surface area contributed by atoms with Crippen LogP contribution in [0, 0.1) is 6.92 Å². The SMILES string of the molecule is Cc1ccc(C(=O)OCC(=O)N2CCOCC2)cc1S(N)(=O)=O. The van der Waals surface area contributed by atoms with Gasteiger partial charge in [0.25, 0.3) is 5.91 Å². The number of carbonyl (C=O) groups is 2. The summed E-state index contributed by atoms with van der Waals surface area (Å²) in [7, 11) is -3.93. The van der Waals surface area contributed by atoms with Gasteiger partial charge in [-0.05, 0) is 24.6 Å². The molecular weight excluding hydrogens is 324 g/mol. The van der Waals surface area contributed by atoms with Crippen molar-refractivity contribution in [3.05, 3.63) is 29.3 Å². The Kier molecular flexibility index (Phi) is 5.34. The van der Waals surface area contributed by atoms with Crippen LogP contribution < -0.4 is 5.14 Å². The topological polar surface area (TPSA) is 116 Å². The van der Waals surface area contributed by atoms with Crippen molar-refractivity contribution in [1.29, 1.82) is 0 Å². The summed E-state index contributed by atoms with van der Waals surface area (Å²) in [6.07, 6.45) is 0. The zero-order valence-electron chi connectivity index (χ0n) is 12.6. The van der Waals surface area contributed by atoms with Gasteiger partial charge in [-0.2, -0.15) is 0 Å². The minimum absolute atomic E-state index is 0.0226. The quantitative estimate of drug-likeness (QED) is 0.748. The Labute approximate surface area is 134 Å². The van der Waals surface area contributed by atoms with E-state index < -0.39 is 22.6 Å². The van der Waals surface area contributed by atoms with Gasteiger partial charge in [0.2, 0.25) is 10.0 Å². The molecule has 8 nitrogen and oxygen atoms in total. The molecule has 1 amide bonds. The lowest BCUT2D eigenvalue weighted by atomic mass is 10.1. The van der Waals surface area contributed by atoms with E-state index >= 15 is 0 Å². The highest BCUT2D eigenvalue weighted by Crippen LogP contribution is 2.16. The first-order valence-electron chi connectivity index (χ1n) is 6.95. The molecule has 0 atom stereocenters. The first-order chi connectivity index (χ1) is 10.8. The van der Waals surface area contributed by atoms with Crippen molar-refractivity contribution in [2.45, 2.75) is 11.8 Å². The molecule has 0 bridgehead atoms. The van der Waals surface area contributed by atoms with Crippen molar-refractivity contribution >= 4 is 21.9 Å². The van der Waals surface area contributed by atoms with E-state index in [1.54, 1.807) is 11.8 Å². The molecule has 0 unspecified atom stereocenters. The van der Waals surface area contributed by atoms with Gasteiger partial charge in [-0.3, -0.25) is 4.79 Å². The highest BCUT2D eigenvalue weighted by Gasteiger charge is 2.20. The minimum atomic E-state index is -3.93. The summed E-state index contributed by atoms with van der Waals surface area (Å²) in [5.41, 5.74) is 0.447. The van der Waals surface area contributed by atoms with E-state index in [1.807, 2.05) is 0 Å². The first-order valence-corrected chi connectivity index (χ1v) is 8.50. The summed E-state index contributed by atoms with van der Waals surface area (Å²) in [5.74, 6) is -1.10. The molecule has 1 aromatic carbocycles. The van der Waals surface area contributed by atoms with E-state index in [0.717, 1.165) is 6.07 Å². The molecule has 1 aliphatic rings. The van der Waals surface area contributed by atoms with Crippen LogP contribution in [0.2, 0.25) is 0 Å². The zero-order valence-corrected chi connectivity index (χ0v) is 13.5. The lowest BCUT2D eigenvalue weighted by Crippen LogP contribution is -2.42. The van der Waals surface area contributed by atoms with Crippen LogP contribution in [0.15, 0.2) is 23.1 Å². The predicted molar refractivity (Wildman–Crippen MR) is 80.2 cm³/mol. The second-order valence-electron chi connectivity index (χ2n) is 5.09. The number of amides is 1. The lowest BCUT2D eigenvalue weighted by Gasteiger charge is -2.26. The molecule has 9 heteroatoms. The molecule has 1 aliphatic heterocycles. The normalized spacial score (nSPS) is 15.3. The summed E-state index contributed by atoms with van der Waals surface area (Å²) in [4.78, 5) is 25.3. The highest BCUT2D eigenvalue weighted by atomic mass is 32.2. The highest BCUT2D eigenvalue weighted by molar-refractivity contribution is 7.89. The number of ether oxygens (including phenoxy) is 2. The molecule has 0 aromatic heterocycles. The third-order valence-corrected chi connectivity index (χ3v) is 4.47. The standard InChI is InChI=1S/C14H18N2O6S/c1-10-2-3-11(8-12(10)23(15,19)20)14(18)22-9-13(17)16-4-6-21-7-5-16/h2-3,8H,4-7,9H2,1H3,(H2,15,19,20). The zero-order chi connectivity index (χ0) is 17.0. The van der Waals surface area contributed by atoms with E-state index in [4.69, 9.17) is 14.6 Å². The first kappa shape index (κ1) is 17.4. The number of morpholine rings is 1. The van der Waals surface area contributed by atoms with E-state index in [0.29, 0.717) is 31.9 Å². The number of hydrogen-bond donors (Lipinski definition) is 1. The average Bonchev–Trinajstić information content (AvgIpc) is 2.52. The van der Waals surface area contributed by atoms with Gasteiger partial charge in [0, 0.05) is 13.1 Å². The Morgan fingerprint density at radius 1 is 1.30 bits per heavy atom. The maximum absolute atomic E-state index is 12.0. The van der Waals surface area contributed by atoms with Gasteiger partial charge in [0.15, 0.2) is 6.61 Å². The molecule has 0 aliphatic carbocycles. The molecule has 1 fully saturated rings. The maximum atomic E-state index is 12.0.